The van der Waals surface area contributed by atoms with Crippen LogP contribution in [0.2, 0.25) is 0 Å². The Labute approximate surface area is 238 Å². The lowest BCUT2D eigenvalue weighted by molar-refractivity contribution is -0.167. The van der Waals surface area contributed by atoms with Crippen LogP contribution in [0.1, 0.15) is 17.4 Å². The first-order chi connectivity index (χ1) is 19.7. The van der Waals surface area contributed by atoms with Crippen LogP contribution in [-0.4, -0.2) is 92.2 Å². The molecule has 4 aliphatic rings. The van der Waals surface area contributed by atoms with Gasteiger partial charge in [-0.15, -0.1) is 0 Å². The highest BCUT2D eigenvalue weighted by Crippen LogP contribution is 2.63. The van der Waals surface area contributed by atoms with E-state index in [9.17, 15) is 19.8 Å². The van der Waals surface area contributed by atoms with Crippen LogP contribution in [0.3, 0.4) is 0 Å². The lowest BCUT2D eigenvalue weighted by atomic mass is 9.58. The summed E-state index contributed by atoms with van der Waals surface area (Å²) in [4.78, 5) is 29.6. The van der Waals surface area contributed by atoms with Crippen LogP contribution < -0.4 is 0 Å². The van der Waals surface area contributed by atoms with Crippen LogP contribution in [0.25, 0.3) is 0 Å². The van der Waals surface area contributed by atoms with Crippen molar-refractivity contribution in [1.82, 2.24) is 4.98 Å². The number of carbonyl (C=O) groups excluding carboxylic acids is 2. The van der Waals surface area contributed by atoms with E-state index < -0.39 is 65.4 Å². The standard InChI is InChI=1S/C30H37NO10/c1-15-11-16(2)30-20(18(12-36-3)28(34)39-25(15)22(32)14-38-5)9-8-17-23(30)24(33)19(13-37-4)26(27(17)41-30)40-29(35)21-7-6-10-31-21/h6-11,17-20,22-25,31-33H,1,12-14H2,2-5H3/b16-11+/t17-,18-,19-,20-,22-,23+,24-,25-,30?/m1/s1. The van der Waals surface area contributed by atoms with E-state index in [-0.39, 0.29) is 31.3 Å². The predicted molar refractivity (Wildman–Crippen MR) is 144 cm³/mol. The van der Waals surface area contributed by atoms with E-state index in [0.717, 1.165) is 0 Å². The second-order valence-electron chi connectivity index (χ2n) is 11.0. The number of H-pyrrole nitrogens is 1. The molecule has 1 aromatic heterocycles. The number of hydrogen-bond donors (Lipinski definition) is 3. The minimum atomic E-state index is -1.24. The fourth-order valence-corrected chi connectivity index (χ4v) is 6.87. The highest BCUT2D eigenvalue weighted by atomic mass is 16.6. The van der Waals surface area contributed by atoms with Gasteiger partial charge in [-0.1, -0.05) is 24.8 Å². The SMILES string of the molecule is C=C1/C=C(\C)C23OC4=C(OC(=O)c5ccc[nH]5)[C@H](COC)[C@@H](O)[C@@H]2[C@H]4C=C[C@@H]3[C@@H](COC)C(=O)O[C@H]1[C@H](O)COC. The van der Waals surface area contributed by atoms with Crippen LogP contribution in [-0.2, 0) is 33.2 Å². The summed E-state index contributed by atoms with van der Waals surface area (Å²) in [6.45, 7) is 5.94. The lowest BCUT2D eigenvalue weighted by Crippen LogP contribution is -2.57. The van der Waals surface area contributed by atoms with Gasteiger partial charge in [0.05, 0.1) is 37.8 Å². The maximum Gasteiger partial charge on any atom is 0.359 e. The van der Waals surface area contributed by atoms with Crippen molar-refractivity contribution in [2.75, 3.05) is 41.2 Å². The number of ether oxygens (including phenoxy) is 6. The van der Waals surface area contributed by atoms with E-state index in [1.807, 2.05) is 19.1 Å². The molecule has 2 aliphatic heterocycles. The number of aliphatic hydroxyl groups excluding tert-OH is 2. The van der Waals surface area contributed by atoms with Crippen molar-refractivity contribution in [3.05, 3.63) is 71.5 Å². The number of aromatic amines is 1. The fourth-order valence-electron chi connectivity index (χ4n) is 6.87. The first-order valence-corrected chi connectivity index (χ1v) is 13.6. The molecule has 0 aromatic carbocycles. The Morgan fingerprint density at radius 3 is 2.56 bits per heavy atom. The van der Waals surface area contributed by atoms with Crippen molar-refractivity contribution in [2.45, 2.75) is 30.8 Å². The molecule has 1 fully saturated rings. The first-order valence-electron chi connectivity index (χ1n) is 13.6. The zero-order chi connectivity index (χ0) is 29.5. The Hall–Kier alpha value is -3.22. The molecule has 11 heteroatoms. The number of nitrogens with one attached hydrogen (secondary N) is 1. The van der Waals surface area contributed by atoms with Crippen molar-refractivity contribution in [1.29, 1.82) is 0 Å². The summed E-state index contributed by atoms with van der Waals surface area (Å²) < 4.78 is 34.6. The molecule has 11 nitrogen and oxygen atoms in total. The molecule has 9 atom stereocenters. The van der Waals surface area contributed by atoms with Gasteiger partial charge in [0, 0.05) is 45.3 Å². The lowest BCUT2D eigenvalue weighted by Gasteiger charge is -2.47. The molecule has 3 heterocycles. The van der Waals surface area contributed by atoms with Crippen LogP contribution in [0.4, 0.5) is 0 Å². The number of aliphatic hydroxyl groups is 2. The quantitative estimate of drug-likeness (QED) is 0.297. The van der Waals surface area contributed by atoms with Crippen LogP contribution in [0.15, 0.2) is 65.8 Å². The van der Waals surface area contributed by atoms with Gasteiger partial charge in [0.1, 0.15) is 23.2 Å². The molecule has 1 saturated heterocycles. The van der Waals surface area contributed by atoms with Gasteiger partial charge >= 0.3 is 11.9 Å². The van der Waals surface area contributed by atoms with E-state index in [4.69, 9.17) is 28.4 Å². The average molecular weight is 572 g/mol. The van der Waals surface area contributed by atoms with Gasteiger partial charge in [0.15, 0.2) is 11.9 Å². The van der Waals surface area contributed by atoms with Gasteiger partial charge in [-0.3, -0.25) is 4.79 Å². The fraction of sp³-hybridized carbons (Fsp3) is 0.533. The van der Waals surface area contributed by atoms with Gasteiger partial charge in [-0.25, -0.2) is 4.79 Å². The molecule has 2 aliphatic carbocycles. The largest absolute Gasteiger partial charge is 0.482 e. The monoisotopic (exact) mass is 571 g/mol. The topological polar surface area (TPSA) is 146 Å². The number of methoxy groups -OCH3 is 3. The first kappa shape index (κ1) is 29.3. The molecule has 41 heavy (non-hydrogen) atoms. The number of hydrogen-bond acceptors (Lipinski definition) is 10. The molecule has 0 saturated carbocycles. The van der Waals surface area contributed by atoms with E-state index >= 15 is 0 Å². The Morgan fingerprint density at radius 2 is 1.90 bits per heavy atom. The van der Waals surface area contributed by atoms with E-state index in [1.165, 1.54) is 21.3 Å². The maximum absolute atomic E-state index is 13.7. The second-order valence-corrected chi connectivity index (χ2v) is 11.0. The summed E-state index contributed by atoms with van der Waals surface area (Å²) in [5.41, 5.74) is 0.0189. The molecule has 1 unspecified atom stereocenters. The molecule has 1 spiro atoms. The Balaban J connectivity index is 1.67. The van der Waals surface area contributed by atoms with Crippen LogP contribution in [0.5, 0.6) is 0 Å². The summed E-state index contributed by atoms with van der Waals surface area (Å²) in [6, 6.07) is 3.28. The summed E-state index contributed by atoms with van der Waals surface area (Å²) in [5.74, 6) is -3.84. The second kappa shape index (κ2) is 11.6. The van der Waals surface area contributed by atoms with Crippen molar-refractivity contribution >= 4 is 11.9 Å². The number of allylic oxidation sites excluding steroid dienone is 1. The summed E-state index contributed by atoms with van der Waals surface area (Å²) in [5, 5.41) is 22.7. The normalized spacial score (nSPS) is 36.2. The van der Waals surface area contributed by atoms with Crippen molar-refractivity contribution < 1.29 is 48.2 Å². The number of esters is 2. The summed E-state index contributed by atoms with van der Waals surface area (Å²) in [6.07, 6.45) is 3.82. The third-order valence-corrected chi connectivity index (χ3v) is 8.61. The van der Waals surface area contributed by atoms with Crippen LogP contribution >= 0.6 is 0 Å². The number of carbonyl (C=O) groups is 2. The Bertz CT molecular complexity index is 1270. The molecule has 222 valence electrons. The van der Waals surface area contributed by atoms with Gasteiger partial charge in [0.2, 0.25) is 0 Å². The van der Waals surface area contributed by atoms with Gasteiger partial charge in [-0.2, -0.15) is 0 Å². The third-order valence-electron chi connectivity index (χ3n) is 8.61. The number of aromatic nitrogens is 1. The molecular formula is C30H37NO10. The minimum absolute atomic E-state index is 0.00546. The Morgan fingerprint density at radius 1 is 1.17 bits per heavy atom. The van der Waals surface area contributed by atoms with E-state index in [0.29, 0.717) is 16.9 Å². The summed E-state index contributed by atoms with van der Waals surface area (Å²) in [7, 11) is 4.43. The van der Waals surface area contributed by atoms with E-state index in [2.05, 4.69) is 11.6 Å². The molecule has 0 radical (unpaired) electrons. The number of cyclic esters (lactones) is 1. The smallest absolute Gasteiger partial charge is 0.359 e. The van der Waals surface area contributed by atoms with Gasteiger partial charge in [0.25, 0.3) is 0 Å². The summed E-state index contributed by atoms with van der Waals surface area (Å²) >= 11 is 0. The van der Waals surface area contributed by atoms with Crippen molar-refractivity contribution in [2.24, 2.45) is 29.6 Å². The zero-order valence-corrected chi connectivity index (χ0v) is 23.6. The molecule has 3 N–H and O–H groups in total. The van der Waals surface area contributed by atoms with Gasteiger partial charge in [-0.05, 0) is 30.2 Å². The Kier molecular flexibility index (Phi) is 8.27. The van der Waals surface area contributed by atoms with Crippen molar-refractivity contribution in [3.8, 4) is 0 Å². The average Bonchev–Trinajstić information content (AvgIpc) is 3.54. The highest BCUT2D eigenvalue weighted by molar-refractivity contribution is 5.88. The van der Waals surface area contributed by atoms with Crippen molar-refractivity contribution in [3.63, 3.8) is 0 Å². The van der Waals surface area contributed by atoms with Crippen LogP contribution in [0, 0.1) is 29.6 Å². The molecule has 5 rings (SSSR count). The van der Waals surface area contributed by atoms with E-state index in [1.54, 1.807) is 24.4 Å². The minimum Gasteiger partial charge on any atom is -0.482 e. The molecule has 1 aromatic rings. The third kappa shape index (κ3) is 4.75. The highest BCUT2D eigenvalue weighted by Gasteiger charge is 2.68. The maximum atomic E-state index is 13.7. The molecular weight excluding hydrogens is 534 g/mol. The zero-order valence-electron chi connectivity index (χ0n) is 23.6. The molecule has 0 amide bonds. The number of rotatable bonds is 9. The predicted octanol–water partition coefficient (Wildman–Crippen LogP) is 1.91. The van der Waals surface area contributed by atoms with Gasteiger partial charge < -0.3 is 43.6 Å². The molecule has 4 bridgehead atoms.